The summed E-state index contributed by atoms with van der Waals surface area (Å²) in [5, 5.41) is 0. The maximum Gasteiger partial charge on any atom is 0.254 e. The van der Waals surface area contributed by atoms with E-state index in [0.29, 0.717) is 22.5 Å². The number of hydrogen-bond acceptors (Lipinski definition) is 2. The zero-order valence-electron chi connectivity index (χ0n) is 11.4. The number of benzene rings is 1. The topological polar surface area (TPSA) is 46.3 Å². The molecule has 1 aliphatic rings. The second kappa shape index (κ2) is 5.70. The third kappa shape index (κ3) is 2.95. The Bertz CT molecular complexity index is 483. The molecule has 2 atom stereocenters. The summed E-state index contributed by atoms with van der Waals surface area (Å²) in [4.78, 5) is 14.8. The molecule has 4 heteroatoms. The Morgan fingerprint density at radius 3 is 2.42 bits per heavy atom. The molecular formula is C15H20N2OS. The first-order valence-corrected chi connectivity index (χ1v) is 7.12. The first-order valence-electron chi connectivity index (χ1n) is 6.71. The summed E-state index contributed by atoms with van der Waals surface area (Å²) in [6.07, 6.45) is 2.29. The molecule has 0 aromatic heterocycles. The maximum atomic E-state index is 12.5. The zero-order valence-corrected chi connectivity index (χ0v) is 12.2. The highest BCUT2D eigenvalue weighted by molar-refractivity contribution is 7.80. The van der Waals surface area contributed by atoms with Crippen LogP contribution in [0, 0.1) is 5.92 Å². The van der Waals surface area contributed by atoms with Crippen LogP contribution >= 0.6 is 12.2 Å². The van der Waals surface area contributed by atoms with E-state index in [1.54, 1.807) is 0 Å². The molecule has 1 aliphatic heterocycles. The Hall–Kier alpha value is -1.42. The van der Waals surface area contributed by atoms with E-state index in [1.807, 2.05) is 29.2 Å². The van der Waals surface area contributed by atoms with E-state index in [0.717, 1.165) is 18.5 Å². The number of thiocarbonyl (C=S) groups is 1. The summed E-state index contributed by atoms with van der Waals surface area (Å²) in [6.45, 7) is 5.19. The quantitative estimate of drug-likeness (QED) is 0.845. The van der Waals surface area contributed by atoms with Crippen molar-refractivity contribution in [2.45, 2.75) is 32.7 Å². The fourth-order valence-corrected chi connectivity index (χ4v) is 2.70. The lowest BCUT2D eigenvalue weighted by atomic mass is 9.91. The number of piperidine rings is 1. The second-order valence-corrected chi connectivity index (χ2v) is 5.74. The van der Waals surface area contributed by atoms with Crippen molar-refractivity contribution in [2.24, 2.45) is 11.7 Å². The first-order chi connectivity index (χ1) is 9.00. The van der Waals surface area contributed by atoms with Gasteiger partial charge in [-0.3, -0.25) is 4.79 Å². The number of hydrogen-bond donors (Lipinski definition) is 1. The summed E-state index contributed by atoms with van der Waals surface area (Å²) < 4.78 is 0. The Labute approximate surface area is 119 Å². The third-order valence-electron chi connectivity index (χ3n) is 4.05. The van der Waals surface area contributed by atoms with Crippen LogP contribution in [0.5, 0.6) is 0 Å². The summed E-state index contributed by atoms with van der Waals surface area (Å²) in [5.74, 6) is 0.669. The van der Waals surface area contributed by atoms with Gasteiger partial charge in [-0.2, -0.15) is 0 Å². The Kier molecular flexibility index (Phi) is 4.20. The minimum Gasteiger partial charge on any atom is -0.389 e. The number of nitrogens with zero attached hydrogens (tertiary/aromatic N) is 1. The molecule has 1 fully saturated rings. The number of likely N-dealkylation sites (tertiary alicyclic amines) is 1. The van der Waals surface area contributed by atoms with Crippen molar-refractivity contribution in [3.8, 4) is 0 Å². The van der Waals surface area contributed by atoms with Gasteiger partial charge in [0.15, 0.2) is 0 Å². The van der Waals surface area contributed by atoms with Crippen molar-refractivity contribution in [3.05, 3.63) is 35.4 Å². The number of carbonyl (C=O) groups is 1. The molecule has 19 heavy (non-hydrogen) atoms. The first kappa shape index (κ1) is 14.0. The van der Waals surface area contributed by atoms with Gasteiger partial charge in [-0.25, -0.2) is 0 Å². The van der Waals surface area contributed by atoms with Crippen LogP contribution in [0.15, 0.2) is 24.3 Å². The van der Waals surface area contributed by atoms with E-state index < -0.39 is 0 Å². The summed E-state index contributed by atoms with van der Waals surface area (Å²) >= 11 is 4.91. The molecule has 0 bridgehead atoms. The Morgan fingerprint density at radius 2 is 1.84 bits per heavy atom. The smallest absolute Gasteiger partial charge is 0.254 e. The van der Waals surface area contributed by atoms with Crippen molar-refractivity contribution in [1.82, 2.24) is 4.90 Å². The van der Waals surface area contributed by atoms with Gasteiger partial charge < -0.3 is 10.6 Å². The minimum absolute atomic E-state index is 0.105. The SMILES string of the molecule is CC1CCCN(C(=O)c2ccc(C(N)=S)cc2)C1C. The molecule has 0 radical (unpaired) electrons. The summed E-state index contributed by atoms with van der Waals surface area (Å²) in [6, 6.07) is 7.55. The molecule has 1 aromatic carbocycles. The lowest BCUT2D eigenvalue weighted by Crippen LogP contribution is -2.46. The monoisotopic (exact) mass is 276 g/mol. The maximum absolute atomic E-state index is 12.5. The number of rotatable bonds is 2. The van der Waals surface area contributed by atoms with E-state index in [4.69, 9.17) is 18.0 Å². The van der Waals surface area contributed by atoms with Crippen LogP contribution < -0.4 is 5.73 Å². The molecule has 0 spiro atoms. The van der Waals surface area contributed by atoms with Crippen LogP contribution in [0.3, 0.4) is 0 Å². The van der Waals surface area contributed by atoms with Crippen LogP contribution in [0.25, 0.3) is 0 Å². The van der Waals surface area contributed by atoms with Gasteiger partial charge in [-0.1, -0.05) is 31.3 Å². The fourth-order valence-electron chi connectivity index (χ4n) is 2.57. The summed E-state index contributed by atoms with van der Waals surface area (Å²) in [7, 11) is 0. The number of amides is 1. The fraction of sp³-hybridized carbons (Fsp3) is 0.467. The van der Waals surface area contributed by atoms with Crippen molar-refractivity contribution < 1.29 is 4.79 Å². The largest absolute Gasteiger partial charge is 0.389 e. The molecule has 1 saturated heterocycles. The van der Waals surface area contributed by atoms with Crippen LogP contribution in [-0.2, 0) is 0 Å². The van der Waals surface area contributed by atoms with E-state index in [-0.39, 0.29) is 5.91 Å². The van der Waals surface area contributed by atoms with Crippen LogP contribution in [0.2, 0.25) is 0 Å². The van der Waals surface area contributed by atoms with Crippen molar-refractivity contribution in [2.75, 3.05) is 6.54 Å². The highest BCUT2D eigenvalue weighted by Gasteiger charge is 2.28. The van der Waals surface area contributed by atoms with Gasteiger partial charge in [0.25, 0.3) is 5.91 Å². The van der Waals surface area contributed by atoms with Gasteiger partial charge in [-0.15, -0.1) is 0 Å². The van der Waals surface area contributed by atoms with E-state index in [9.17, 15) is 4.79 Å². The van der Waals surface area contributed by atoms with Gasteiger partial charge >= 0.3 is 0 Å². The van der Waals surface area contributed by atoms with Crippen molar-refractivity contribution >= 4 is 23.1 Å². The molecule has 0 saturated carbocycles. The van der Waals surface area contributed by atoms with Gasteiger partial charge in [0.1, 0.15) is 4.99 Å². The predicted molar refractivity (Wildman–Crippen MR) is 81.2 cm³/mol. The van der Waals surface area contributed by atoms with E-state index >= 15 is 0 Å². The molecule has 102 valence electrons. The third-order valence-corrected chi connectivity index (χ3v) is 4.29. The number of nitrogens with two attached hydrogens (primary N) is 1. The Morgan fingerprint density at radius 1 is 1.26 bits per heavy atom. The minimum atomic E-state index is 0.105. The van der Waals surface area contributed by atoms with Crippen molar-refractivity contribution in [3.63, 3.8) is 0 Å². The lowest BCUT2D eigenvalue weighted by molar-refractivity contribution is 0.0551. The molecule has 2 unspecified atom stereocenters. The average Bonchev–Trinajstić information content (AvgIpc) is 2.41. The van der Waals surface area contributed by atoms with Gasteiger partial charge in [-0.05, 0) is 37.8 Å². The van der Waals surface area contributed by atoms with E-state index in [1.165, 1.54) is 6.42 Å². The highest BCUT2D eigenvalue weighted by atomic mass is 32.1. The molecule has 2 N–H and O–H groups in total. The van der Waals surface area contributed by atoms with Gasteiger partial charge in [0.2, 0.25) is 0 Å². The molecular weight excluding hydrogens is 256 g/mol. The van der Waals surface area contributed by atoms with Crippen LogP contribution in [0.4, 0.5) is 0 Å². The molecule has 1 amide bonds. The van der Waals surface area contributed by atoms with E-state index in [2.05, 4.69) is 13.8 Å². The van der Waals surface area contributed by atoms with Crippen molar-refractivity contribution in [1.29, 1.82) is 0 Å². The zero-order chi connectivity index (χ0) is 14.0. The average molecular weight is 276 g/mol. The molecule has 1 aromatic rings. The summed E-state index contributed by atoms with van der Waals surface area (Å²) in [5.41, 5.74) is 7.07. The predicted octanol–water partition coefficient (Wildman–Crippen LogP) is 2.58. The van der Waals surface area contributed by atoms with Gasteiger partial charge in [0, 0.05) is 23.7 Å². The molecule has 2 rings (SSSR count). The molecule has 1 heterocycles. The normalized spacial score (nSPS) is 23.2. The van der Waals surface area contributed by atoms with Crippen LogP contribution in [0.1, 0.15) is 42.6 Å². The van der Waals surface area contributed by atoms with Gasteiger partial charge in [0.05, 0.1) is 0 Å². The standard InChI is InChI=1S/C15H20N2OS/c1-10-4-3-9-17(11(10)2)15(18)13-7-5-12(6-8-13)14(16)19/h5-8,10-11H,3-4,9H2,1-2H3,(H2,16,19). The molecule has 0 aliphatic carbocycles. The molecule has 3 nitrogen and oxygen atoms in total. The lowest BCUT2D eigenvalue weighted by Gasteiger charge is -2.38. The second-order valence-electron chi connectivity index (χ2n) is 5.30. The highest BCUT2D eigenvalue weighted by Crippen LogP contribution is 2.24. The number of carbonyl (C=O) groups excluding carboxylic acids is 1. The van der Waals surface area contributed by atoms with Crippen LogP contribution in [-0.4, -0.2) is 28.4 Å². The Balaban J connectivity index is 2.17.